The molecule has 2 atom stereocenters. The van der Waals surface area contributed by atoms with Crippen LogP contribution in [0, 0.1) is 5.82 Å². The molecule has 0 aliphatic rings. The highest BCUT2D eigenvalue weighted by atomic mass is 127. The highest BCUT2D eigenvalue weighted by Gasteiger charge is 2.25. The number of benzene rings is 4. The van der Waals surface area contributed by atoms with E-state index in [0.717, 1.165) is 5.56 Å². The van der Waals surface area contributed by atoms with Gasteiger partial charge in [-0.05, 0) is 73.7 Å². The van der Waals surface area contributed by atoms with Gasteiger partial charge in [0.05, 0.1) is 17.7 Å². The third-order valence-electron chi connectivity index (χ3n) is 5.14. The molecule has 0 radical (unpaired) electrons. The van der Waals surface area contributed by atoms with E-state index in [2.05, 4.69) is 0 Å². The van der Waals surface area contributed by atoms with Gasteiger partial charge in [0.25, 0.3) is 0 Å². The fourth-order valence-electron chi connectivity index (χ4n) is 3.36. The molecule has 0 aliphatic carbocycles. The number of hydrogen-bond donors (Lipinski definition) is 1. The lowest BCUT2D eigenvalue weighted by Gasteiger charge is -2.18. The average molecular weight is 652 g/mol. The molecule has 4 nitrogen and oxygen atoms in total. The molecule has 0 aromatic heterocycles. The Balaban J connectivity index is 1.59. The lowest BCUT2D eigenvalue weighted by molar-refractivity contribution is 0.0989. The van der Waals surface area contributed by atoms with Gasteiger partial charge in [-0.15, -0.1) is 11.8 Å². The summed E-state index contributed by atoms with van der Waals surface area (Å²) >= 11 is 3.22. The molecule has 36 heavy (non-hydrogen) atoms. The van der Waals surface area contributed by atoms with Crippen molar-refractivity contribution in [1.29, 1.82) is 1.28 Å². The number of carbonyl (C=O) groups excluding carboxylic acids is 1. The van der Waals surface area contributed by atoms with Crippen molar-refractivity contribution in [3.05, 3.63) is 120 Å². The van der Waals surface area contributed by atoms with Crippen LogP contribution in [0.5, 0.6) is 17.2 Å². The Morgan fingerprint density at radius 1 is 1.03 bits per heavy atom. The van der Waals surface area contributed by atoms with E-state index in [0.29, 0.717) is 42.1 Å². The van der Waals surface area contributed by atoms with Crippen LogP contribution in [0.15, 0.2) is 102 Å². The number of thioether (sulfide) groups is 1. The minimum Gasteiger partial charge on any atom is -0.507 e. The first-order valence-electron chi connectivity index (χ1n) is 11.2. The number of aromatic hydroxyl groups is 1. The van der Waals surface area contributed by atoms with E-state index in [1.54, 1.807) is 48.5 Å². The van der Waals surface area contributed by atoms with Crippen LogP contribution in [-0.2, 0) is 14.1 Å². The van der Waals surface area contributed by atoms with Gasteiger partial charge in [-0.1, -0.05) is 42.5 Å². The molecule has 4 aromatic rings. The zero-order valence-electron chi connectivity index (χ0n) is 19.7. The molecular formula is C27H21FIO4PS2. The summed E-state index contributed by atoms with van der Waals surface area (Å²) in [5, 5.41) is 9.83. The largest absolute Gasteiger partial charge is 0.507 e. The molecule has 0 saturated carbocycles. The second-order valence-electron chi connectivity index (χ2n) is 7.63. The lowest BCUT2D eigenvalue weighted by atomic mass is 10.0. The molecule has 9 heteroatoms. The summed E-state index contributed by atoms with van der Waals surface area (Å²) in [5.74, 6) is 0.540. The predicted molar refractivity (Wildman–Crippen MR) is 155 cm³/mol. The van der Waals surface area contributed by atoms with Crippen LogP contribution in [0.2, 0.25) is 0 Å². The summed E-state index contributed by atoms with van der Waals surface area (Å²) in [6.07, 6.45) is 0. The normalized spacial score (nSPS) is 13.0. The predicted octanol–water partition coefficient (Wildman–Crippen LogP) is 8.15. The molecule has 0 amide bonds. The van der Waals surface area contributed by atoms with Gasteiger partial charge in [-0.2, -0.15) is 0 Å². The second-order valence-corrected chi connectivity index (χ2v) is 14.8. The van der Waals surface area contributed by atoms with E-state index in [4.69, 9.17) is 10.2 Å². The Bertz CT molecular complexity index is 1390. The van der Waals surface area contributed by atoms with Crippen LogP contribution in [0.3, 0.4) is 0 Å². The van der Waals surface area contributed by atoms with Crippen molar-refractivity contribution >= 4 is 54.2 Å². The van der Waals surface area contributed by atoms with Crippen molar-refractivity contribution in [3.8, 4) is 17.2 Å². The van der Waals surface area contributed by atoms with Gasteiger partial charge in [0.15, 0.2) is 5.78 Å². The van der Waals surface area contributed by atoms with E-state index in [9.17, 15) is 14.3 Å². The maximum atomic E-state index is 13.6. The molecule has 4 aromatic carbocycles. The van der Waals surface area contributed by atoms with Crippen LogP contribution >= 0.6 is 40.9 Å². The number of rotatable bonds is 10. The van der Waals surface area contributed by atoms with Gasteiger partial charge in [0.2, 0.25) is 0 Å². The summed E-state index contributed by atoms with van der Waals surface area (Å²) in [6.45, 7) is 0.364. The zero-order chi connectivity index (χ0) is 26.2. The lowest BCUT2D eigenvalue weighted by Crippen LogP contribution is -2.10. The maximum Gasteiger partial charge on any atom is 0.180 e. The molecule has 0 saturated heterocycles. The summed E-state index contributed by atoms with van der Waals surface area (Å²) in [6, 6.07) is 27.1. The van der Waals surface area contributed by atoms with Crippen molar-refractivity contribution in [2.75, 3.05) is 0 Å². The fourth-order valence-corrected chi connectivity index (χ4v) is 5.68. The molecule has 2 unspecified atom stereocenters. The van der Waals surface area contributed by atoms with E-state index >= 15 is 0 Å². The number of ether oxygens (including phenoxy) is 1. The number of phenolic OH excluding ortho intramolecular Hbond substituents is 1. The summed E-state index contributed by atoms with van der Waals surface area (Å²) in [7, 11) is -0.211. The average Bonchev–Trinajstić information content (AvgIpc) is 2.93. The summed E-state index contributed by atoms with van der Waals surface area (Å²) in [4.78, 5) is 14.1. The fraction of sp³-hybridized carbons (Fsp3) is 0.0741. The minimum atomic E-state index is -0.742. The van der Waals surface area contributed by atoms with E-state index in [1.807, 2.05) is 51.5 Å². The van der Waals surface area contributed by atoms with Crippen molar-refractivity contribution < 1.29 is 23.2 Å². The number of hydrogen-bond acceptors (Lipinski definition) is 5. The Hall–Kier alpha value is -2.39. The first-order chi connectivity index (χ1) is 17.9. The van der Waals surface area contributed by atoms with Gasteiger partial charge in [0, 0.05) is 26.8 Å². The monoisotopic (exact) mass is 652 g/mol. The SMILES string of the molecule is [3H]P=S(I)Oc1ccc(C(=O)C(Sc2cc(OCc3ccccc3)ccc2O)c2ccc(F)cc2)cc1. The van der Waals surface area contributed by atoms with Gasteiger partial charge in [-0.25, -0.2) is 4.39 Å². The first kappa shape index (κ1) is 25.3. The van der Waals surface area contributed by atoms with Gasteiger partial charge in [0.1, 0.15) is 31.0 Å². The minimum absolute atomic E-state index is 0.0179. The molecule has 0 aliphatic heterocycles. The molecule has 0 heterocycles. The molecule has 0 fully saturated rings. The van der Waals surface area contributed by atoms with Gasteiger partial charge < -0.3 is 14.0 Å². The first-order valence-corrected chi connectivity index (χ1v) is 16.4. The third kappa shape index (κ3) is 7.32. The maximum absolute atomic E-state index is 13.6. The topological polar surface area (TPSA) is 55.8 Å². The van der Waals surface area contributed by atoms with E-state index in [-0.39, 0.29) is 11.5 Å². The Kier molecular flexibility index (Phi) is 8.93. The van der Waals surface area contributed by atoms with Crippen LogP contribution in [0.1, 0.15) is 26.7 Å². The van der Waals surface area contributed by atoms with Crippen molar-refractivity contribution in [2.45, 2.75) is 16.8 Å². The Labute approximate surface area is 231 Å². The van der Waals surface area contributed by atoms with Crippen LogP contribution in [0.4, 0.5) is 4.39 Å². The molecule has 4 rings (SSSR count). The molecular weight excluding hydrogens is 629 g/mol. The standard InChI is InChI=1S/C27H21FIO4PS2/c28-21-10-6-20(7-11-21)27(26(31)19-8-12-22(13-9-19)33-36(29)34)35-25-16-23(14-15-24(25)30)32-17-18-4-2-1-3-5-18/h1-16,27,30,34H,17H2/i34T. The van der Waals surface area contributed by atoms with Crippen LogP contribution in [-0.4, -0.2) is 12.2 Å². The highest BCUT2D eigenvalue weighted by molar-refractivity contribution is 14.2. The third-order valence-corrected chi connectivity index (χ3v) is 7.53. The smallest absolute Gasteiger partial charge is 0.180 e. The van der Waals surface area contributed by atoms with E-state index in [1.165, 1.54) is 30.0 Å². The highest BCUT2D eigenvalue weighted by Crippen LogP contribution is 2.43. The number of ketones is 1. The molecule has 1 N–H and O–H groups in total. The summed E-state index contributed by atoms with van der Waals surface area (Å²) < 4.78 is 32.6. The Morgan fingerprint density at radius 3 is 2.42 bits per heavy atom. The van der Waals surface area contributed by atoms with Gasteiger partial charge >= 0.3 is 0 Å². The molecule has 0 spiro atoms. The van der Waals surface area contributed by atoms with Crippen molar-refractivity contribution in [2.24, 2.45) is 0 Å². The zero-order valence-corrected chi connectivity index (χ0v) is 23.4. The van der Waals surface area contributed by atoms with Crippen molar-refractivity contribution in [3.63, 3.8) is 0 Å². The van der Waals surface area contributed by atoms with Crippen molar-refractivity contribution in [1.82, 2.24) is 0 Å². The van der Waals surface area contributed by atoms with Gasteiger partial charge in [-0.3, -0.25) is 4.79 Å². The quantitative estimate of drug-likeness (QED) is 0.0812. The van der Waals surface area contributed by atoms with E-state index < -0.39 is 18.6 Å². The number of carbonyl (C=O) groups is 1. The van der Waals surface area contributed by atoms with Crippen LogP contribution < -0.4 is 8.92 Å². The second kappa shape index (κ2) is 12.7. The molecule has 184 valence electrons. The molecule has 0 bridgehead atoms. The summed E-state index contributed by atoms with van der Waals surface area (Å²) in [5.41, 5.74) is 2.06. The number of Topliss-reactive ketones (excluding diaryl/α,β-unsaturated/α-hetero) is 1. The number of halogens is 2. The Morgan fingerprint density at radius 2 is 1.72 bits per heavy atom. The van der Waals surface area contributed by atoms with Crippen LogP contribution in [0.25, 0.3) is 0 Å². The number of phenols is 1.